The minimum atomic E-state index is -0.623. The van der Waals surface area contributed by atoms with Gasteiger partial charge in [0.1, 0.15) is 11.6 Å². The van der Waals surface area contributed by atoms with Crippen molar-refractivity contribution in [3.05, 3.63) is 71.6 Å². The molecule has 0 spiro atoms. The Balaban J connectivity index is 1.57. The zero-order chi connectivity index (χ0) is 19.2. The molecule has 1 N–H and O–H groups in total. The van der Waals surface area contributed by atoms with Crippen LogP contribution in [0.2, 0.25) is 0 Å². The van der Waals surface area contributed by atoms with Crippen LogP contribution in [-0.2, 0) is 9.53 Å². The zero-order valence-electron chi connectivity index (χ0n) is 14.5. The first-order chi connectivity index (χ1) is 13.1. The number of aryl methyl sites for hydroxylation is 1. The highest BCUT2D eigenvalue weighted by Crippen LogP contribution is 2.22. The SMILES string of the molecule is Cc1cccnc1NC(=O)COC(=O)c1ccc(-c2ccc(C=O)o2)cc1. The van der Waals surface area contributed by atoms with E-state index in [1.54, 1.807) is 48.7 Å². The third kappa shape index (κ3) is 4.46. The molecule has 0 unspecified atom stereocenters. The molecule has 0 saturated heterocycles. The monoisotopic (exact) mass is 364 g/mol. The summed E-state index contributed by atoms with van der Waals surface area (Å²) in [5.41, 5.74) is 1.81. The first-order valence-electron chi connectivity index (χ1n) is 8.11. The molecule has 3 rings (SSSR count). The Morgan fingerprint density at radius 1 is 1.15 bits per heavy atom. The van der Waals surface area contributed by atoms with Crippen molar-refractivity contribution in [2.24, 2.45) is 0 Å². The summed E-state index contributed by atoms with van der Waals surface area (Å²) in [6.45, 7) is 1.39. The minimum Gasteiger partial charge on any atom is -0.453 e. The highest BCUT2D eigenvalue weighted by atomic mass is 16.5. The second-order valence-electron chi connectivity index (χ2n) is 5.69. The van der Waals surface area contributed by atoms with Crippen LogP contribution in [0.5, 0.6) is 0 Å². The van der Waals surface area contributed by atoms with Crippen molar-refractivity contribution >= 4 is 24.0 Å². The van der Waals surface area contributed by atoms with Gasteiger partial charge in [0.2, 0.25) is 0 Å². The van der Waals surface area contributed by atoms with Gasteiger partial charge in [-0.15, -0.1) is 0 Å². The molecule has 1 aromatic carbocycles. The summed E-state index contributed by atoms with van der Waals surface area (Å²) in [5, 5.41) is 2.59. The van der Waals surface area contributed by atoms with Gasteiger partial charge in [-0.25, -0.2) is 9.78 Å². The van der Waals surface area contributed by atoms with Crippen LogP contribution in [0.3, 0.4) is 0 Å². The molecule has 0 radical (unpaired) electrons. The second kappa shape index (κ2) is 8.09. The molecule has 7 nitrogen and oxygen atoms in total. The molecule has 0 aliphatic heterocycles. The smallest absolute Gasteiger partial charge is 0.338 e. The van der Waals surface area contributed by atoms with E-state index >= 15 is 0 Å². The van der Waals surface area contributed by atoms with Crippen molar-refractivity contribution in [3.63, 3.8) is 0 Å². The predicted molar refractivity (Wildman–Crippen MR) is 97.4 cm³/mol. The number of nitrogens with one attached hydrogen (secondary N) is 1. The summed E-state index contributed by atoms with van der Waals surface area (Å²) in [6.07, 6.45) is 2.18. The average molecular weight is 364 g/mol. The van der Waals surface area contributed by atoms with Gasteiger partial charge in [0.05, 0.1) is 5.56 Å². The molecule has 2 heterocycles. The maximum Gasteiger partial charge on any atom is 0.338 e. The van der Waals surface area contributed by atoms with Gasteiger partial charge in [-0.1, -0.05) is 18.2 Å². The number of esters is 1. The normalized spacial score (nSPS) is 10.3. The molecule has 27 heavy (non-hydrogen) atoms. The molecule has 7 heteroatoms. The second-order valence-corrected chi connectivity index (χ2v) is 5.69. The summed E-state index contributed by atoms with van der Waals surface area (Å²) in [7, 11) is 0. The molecule has 0 fully saturated rings. The number of aromatic nitrogens is 1. The fourth-order valence-corrected chi connectivity index (χ4v) is 2.34. The number of amides is 1. The fraction of sp³-hybridized carbons (Fsp3) is 0.100. The van der Waals surface area contributed by atoms with E-state index in [9.17, 15) is 14.4 Å². The van der Waals surface area contributed by atoms with Gasteiger partial charge in [-0.2, -0.15) is 0 Å². The van der Waals surface area contributed by atoms with Crippen LogP contribution < -0.4 is 5.32 Å². The highest BCUT2D eigenvalue weighted by Gasteiger charge is 2.12. The summed E-state index contributed by atoms with van der Waals surface area (Å²) in [5.74, 6) is 0.0713. The third-order valence-electron chi connectivity index (χ3n) is 3.75. The van der Waals surface area contributed by atoms with Crippen molar-refractivity contribution in [3.8, 4) is 11.3 Å². The lowest BCUT2D eigenvalue weighted by Gasteiger charge is -2.08. The van der Waals surface area contributed by atoms with Gasteiger partial charge >= 0.3 is 5.97 Å². The largest absolute Gasteiger partial charge is 0.453 e. The number of furan rings is 1. The molecule has 0 saturated carbocycles. The maximum absolute atomic E-state index is 12.1. The number of nitrogens with zero attached hydrogens (tertiary/aromatic N) is 1. The minimum absolute atomic E-state index is 0.225. The molecule has 1 amide bonds. The summed E-state index contributed by atoms with van der Waals surface area (Å²) in [4.78, 5) is 38.7. The molecule has 136 valence electrons. The standard InChI is InChI=1S/C20H16N2O5/c1-13-3-2-10-21-19(13)22-18(24)12-26-20(25)15-6-4-14(5-7-15)17-9-8-16(11-23)27-17/h2-11H,12H2,1H3,(H,21,22,24). The molecular formula is C20H16N2O5. The summed E-state index contributed by atoms with van der Waals surface area (Å²) < 4.78 is 10.3. The molecular weight excluding hydrogens is 348 g/mol. The fourth-order valence-electron chi connectivity index (χ4n) is 2.34. The van der Waals surface area contributed by atoms with Gasteiger partial charge in [-0.05, 0) is 42.8 Å². The van der Waals surface area contributed by atoms with E-state index in [2.05, 4.69) is 10.3 Å². The lowest BCUT2D eigenvalue weighted by molar-refractivity contribution is -0.119. The Kier molecular flexibility index (Phi) is 5.41. The van der Waals surface area contributed by atoms with Crippen molar-refractivity contribution in [2.75, 3.05) is 11.9 Å². The number of hydrogen-bond acceptors (Lipinski definition) is 6. The molecule has 0 aliphatic carbocycles. The third-order valence-corrected chi connectivity index (χ3v) is 3.75. The predicted octanol–water partition coefficient (Wildman–Crippen LogP) is 3.26. The van der Waals surface area contributed by atoms with Crippen LogP contribution in [0.15, 0.2) is 59.1 Å². The van der Waals surface area contributed by atoms with E-state index in [-0.39, 0.29) is 5.76 Å². The summed E-state index contributed by atoms with van der Waals surface area (Å²) in [6, 6.07) is 13.3. The van der Waals surface area contributed by atoms with E-state index < -0.39 is 18.5 Å². The number of aldehydes is 1. The number of rotatable bonds is 6. The van der Waals surface area contributed by atoms with Crippen LogP contribution >= 0.6 is 0 Å². The quantitative estimate of drug-likeness (QED) is 0.532. The number of benzene rings is 1. The Morgan fingerprint density at radius 2 is 1.93 bits per heavy atom. The van der Waals surface area contributed by atoms with E-state index in [4.69, 9.17) is 9.15 Å². The Labute approximate surface area is 155 Å². The van der Waals surface area contributed by atoms with Gasteiger partial charge in [-0.3, -0.25) is 9.59 Å². The first kappa shape index (κ1) is 18.1. The maximum atomic E-state index is 12.1. The lowest BCUT2D eigenvalue weighted by Crippen LogP contribution is -2.21. The summed E-state index contributed by atoms with van der Waals surface area (Å²) >= 11 is 0. The Bertz CT molecular complexity index is 976. The lowest BCUT2D eigenvalue weighted by atomic mass is 10.1. The topological polar surface area (TPSA) is 98.5 Å². The van der Waals surface area contributed by atoms with Crippen LogP contribution in [-0.4, -0.2) is 29.8 Å². The van der Waals surface area contributed by atoms with Crippen LogP contribution in [0.4, 0.5) is 5.82 Å². The molecule has 0 aliphatic rings. The van der Waals surface area contributed by atoms with Crippen molar-refractivity contribution in [2.45, 2.75) is 6.92 Å². The highest BCUT2D eigenvalue weighted by molar-refractivity contribution is 5.95. The van der Waals surface area contributed by atoms with E-state index in [0.717, 1.165) is 5.56 Å². The number of anilines is 1. The molecule has 2 aromatic heterocycles. The van der Waals surface area contributed by atoms with E-state index in [0.29, 0.717) is 29.0 Å². The van der Waals surface area contributed by atoms with Gasteiger partial charge < -0.3 is 14.5 Å². The van der Waals surface area contributed by atoms with E-state index in [1.165, 1.54) is 0 Å². The number of pyridine rings is 1. The molecule has 0 atom stereocenters. The van der Waals surface area contributed by atoms with Gasteiger partial charge in [0.15, 0.2) is 18.7 Å². The molecule has 0 bridgehead atoms. The number of ether oxygens (including phenoxy) is 1. The van der Waals surface area contributed by atoms with Gasteiger partial charge in [0.25, 0.3) is 5.91 Å². The zero-order valence-corrected chi connectivity index (χ0v) is 14.5. The first-order valence-corrected chi connectivity index (χ1v) is 8.11. The average Bonchev–Trinajstić information content (AvgIpc) is 3.17. The number of carbonyl (C=O) groups is 3. The van der Waals surface area contributed by atoms with Crippen molar-refractivity contribution in [1.82, 2.24) is 4.98 Å². The van der Waals surface area contributed by atoms with Crippen LogP contribution in [0.25, 0.3) is 11.3 Å². The van der Waals surface area contributed by atoms with Crippen LogP contribution in [0, 0.1) is 6.92 Å². The van der Waals surface area contributed by atoms with Crippen molar-refractivity contribution < 1.29 is 23.5 Å². The van der Waals surface area contributed by atoms with E-state index in [1.807, 2.05) is 13.0 Å². The van der Waals surface area contributed by atoms with Crippen LogP contribution in [0.1, 0.15) is 26.5 Å². The molecule has 3 aromatic rings. The Morgan fingerprint density at radius 3 is 2.59 bits per heavy atom. The Hall–Kier alpha value is -3.74. The van der Waals surface area contributed by atoms with Crippen molar-refractivity contribution in [1.29, 1.82) is 0 Å². The number of hydrogen-bond donors (Lipinski definition) is 1. The van der Waals surface area contributed by atoms with Gasteiger partial charge in [0, 0.05) is 11.8 Å². The number of carbonyl (C=O) groups excluding carboxylic acids is 3.